The van der Waals surface area contributed by atoms with Crippen LogP contribution in [0.1, 0.15) is 33.6 Å². The number of carbonyl (C=O) groups excluding carboxylic acids is 3. The predicted molar refractivity (Wildman–Crippen MR) is 107 cm³/mol. The van der Waals surface area contributed by atoms with Crippen molar-refractivity contribution in [2.45, 2.75) is 37.6 Å². The molecule has 0 saturated carbocycles. The van der Waals surface area contributed by atoms with Crippen LogP contribution in [0.15, 0.2) is 36.5 Å². The Hall–Kier alpha value is -3.94. The first-order chi connectivity index (χ1) is 15.6. The van der Waals surface area contributed by atoms with Crippen LogP contribution in [-0.4, -0.2) is 57.3 Å². The lowest BCUT2D eigenvalue weighted by atomic mass is 10.0. The number of hydrogen-bond acceptors (Lipinski definition) is 5. The van der Waals surface area contributed by atoms with Crippen molar-refractivity contribution in [2.24, 2.45) is 0 Å². The van der Waals surface area contributed by atoms with Crippen molar-refractivity contribution >= 4 is 23.5 Å². The maximum atomic E-state index is 13.4. The van der Waals surface area contributed by atoms with Gasteiger partial charge in [0.15, 0.2) is 0 Å². The van der Waals surface area contributed by atoms with Gasteiger partial charge in [-0.2, -0.15) is 18.4 Å². The molecule has 0 aliphatic carbocycles. The van der Waals surface area contributed by atoms with Gasteiger partial charge >= 0.3 is 12.2 Å². The molecule has 1 aromatic heterocycles. The van der Waals surface area contributed by atoms with Crippen molar-refractivity contribution in [1.82, 2.24) is 14.8 Å². The van der Waals surface area contributed by atoms with Gasteiger partial charge in [0.1, 0.15) is 17.8 Å². The lowest BCUT2D eigenvalue weighted by Crippen LogP contribution is -2.55. The highest BCUT2D eigenvalue weighted by Crippen LogP contribution is 2.43. The first kappa shape index (κ1) is 20.9. The van der Waals surface area contributed by atoms with Gasteiger partial charge in [-0.25, -0.2) is 14.7 Å². The number of alkyl halides is 3. The molecule has 33 heavy (non-hydrogen) atoms. The van der Waals surface area contributed by atoms with Crippen molar-refractivity contribution in [2.75, 3.05) is 11.4 Å². The van der Waals surface area contributed by atoms with Crippen molar-refractivity contribution in [1.29, 1.82) is 5.26 Å². The van der Waals surface area contributed by atoms with Crippen LogP contribution >= 0.6 is 0 Å². The molecule has 0 N–H and O–H groups in total. The van der Waals surface area contributed by atoms with Crippen LogP contribution in [0.25, 0.3) is 0 Å². The Morgan fingerprint density at radius 3 is 2.64 bits per heavy atom. The molecule has 3 aliphatic heterocycles. The molecule has 2 unspecified atom stereocenters. The maximum absolute atomic E-state index is 13.4. The summed E-state index contributed by atoms with van der Waals surface area (Å²) in [6, 6.07) is 5.21. The number of nitrogens with zero attached hydrogens (tertiary/aromatic N) is 5. The van der Waals surface area contributed by atoms with E-state index in [2.05, 4.69) is 4.98 Å². The summed E-state index contributed by atoms with van der Waals surface area (Å²) in [6.45, 7) is 1.67. The largest absolute Gasteiger partial charge is 0.417 e. The minimum absolute atomic E-state index is 0.0453. The van der Waals surface area contributed by atoms with Gasteiger partial charge in [0.05, 0.1) is 35.1 Å². The topological polar surface area (TPSA) is 97.6 Å². The van der Waals surface area contributed by atoms with E-state index in [1.165, 1.54) is 34.2 Å². The zero-order chi connectivity index (χ0) is 23.7. The zero-order valence-corrected chi connectivity index (χ0v) is 17.2. The summed E-state index contributed by atoms with van der Waals surface area (Å²) < 4.78 is 40.3. The summed E-state index contributed by atoms with van der Waals surface area (Å²) in [4.78, 5) is 47.0. The number of piperazine rings is 1. The number of amides is 4. The Bertz CT molecular complexity index is 1250. The molecule has 8 nitrogen and oxygen atoms in total. The second-order valence-corrected chi connectivity index (χ2v) is 8.24. The van der Waals surface area contributed by atoms with Crippen molar-refractivity contribution in [3.63, 3.8) is 0 Å². The Morgan fingerprint density at radius 2 is 1.97 bits per heavy atom. The molecule has 3 atom stereocenters. The number of nitriles is 1. The van der Waals surface area contributed by atoms with Gasteiger partial charge in [-0.3, -0.25) is 9.59 Å². The molecule has 2 aromatic rings. The van der Waals surface area contributed by atoms with E-state index in [0.717, 1.165) is 17.0 Å². The maximum Gasteiger partial charge on any atom is 0.417 e. The summed E-state index contributed by atoms with van der Waals surface area (Å²) in [6.07, 6.45) is -3.12. The third-order valence-corrected chi connectivity index (χ3v) is 6.42. The third-order valence-electron chi connectivity index (χ3n) is 6.42. The van der Waals surface area contributed by atoms with Crippen molar-refractivity contribution in [3.05, 3.63) is 58.9 Å². The van der Waals surface area contributed by atoms with Gasteiger partial charge in [-0.15, -0.1) is 0 Å². The molecule has 1 aromatic carbocycles. The number of aromatic nitrogens is 1. The Kier molecular flexibility index (Phi) is 4.46. The van der Waals surface area contributed by atoms with E-state index < -0.39 is 53.3 Å². The van der Waals surface area contributed by atoms with Crippen molar-refractivity contribution < 1.29 is 27.6 Å². The number of aryl methyl sites for hydroxylation is 1. The van der Waals surface area contributed by atoms with Crippen LogP contribution < -0.4 is 4.90 Å². The normalized spacial score (nSPS) is 23.8. The molecule has 168 valence electrons. The van der Waals surface area contributed by atoms with Gasteiger partial charge in [0.25, 0.3) is 11.8 Å². The number of anilines is 1. The number of rotatable bonds is 2. The second kappa shape index (κ2) is 7.03. The molecule has 11 heteroatoms. The highest BCUT2D eigenvalue weighted by atomic mass is 19.4. The van der Waals surface area contributed by atoms with E-state index in [-0.39, 0.29) is 17.9 Å². The monoisotopic (exact) mass is 455 g/mol. The van der Waals surface area contributed by atoms with Crippen LogP contribution in [0.4, 0.5) is 23.7 Å². The molecule has 2 bridgehead atoms. The molecular weight excluding hydrogens is 439 g/mol. The standard InChI is InChI=1S/C22H16F3N5O3/c1-11-6-12(9-27-16(11)8-26)30-20(32)18-17-7-13(29(18)21(30)33)10-28(17)19(31)14-4-2-3-5-15(14)22(23,24)25/h2-6,9,13,17-18H,7,10H2,1H3/t13?,17?,18-/m1/s1. The fraction of sp³-hybridized carbons (Fsp3) is 0.318. The minimum Gasteiger partial charge on any atom is -0.331 e. The van der Waals surface area contributed by atoms with Crippen LogP contribution in [-0.2, 0) is 11.0 Å². The van der Waals surface area contributed by atoms with E-state index in [9.17, 15) is 27.6 Å². The number of imide groups is 1. The second-order valence-electron chi connectivity index (χ2n) is 8.24. The quantitative estimate of drug-likeness (QED) is 0.649. The van der Waals surface area contributed by atoms with Gasteiger partial charge in [-0.05, 0) is 37.1 Å². The molecular formula is C22H16F3N5O3. The number of urea groups is 1. The first-order valence-corrected chi connectivity index (χ1v) is 10.1. The Balaban J connectivity index is 1.46. The van der Waals surface area contributed by atoms with Gasteiger partial charge in [0.2, 0.25) is 0 Å². The molecule has 0 spiro atoms. The number of carbonyl (C=O) groups is 3. The summed E-state index contributed by atoms with van der Waals surface area (Å²) in [5.74, 6) is -1.38. The molecule has 5 rings (SSSR count). The number of fused-ring (bicyclic) bond motifs is 5. The van der Waals surface area contributed by atoms with Gasteiger partial charge in [0, 0.05) is 6.54 Å². The van der Waals surface area contributed by atoms with Gasteiger partial charge in [-0.1, -0.05) is 12.1 Å². The number of hydrogen-bond donors (Lipinski definition) is 0. The molecule has 4 heterocycles. The number of halogens is 3. The van der Waals surface area contributed by atoms with Crippen LogP contribution in [0.3, 0.4) is 0 Å². The van der Waals surface area contributed by atoms with Crippen LogP contribution in [0.5, 0.6) is 0 Å². The van der Waals surface area contributed by atoms with Crippen LogP contribution in [0.2, 0.25) is 0 Å². The highest BCUT2D eigenvalue weighted by Gasteiger charge is 2.63. The summed E-state index contributed by atoms with van der Waals surface area (Å²) in [5.41, 5.74) is -0.658. The van der Waals surface area contributed by atoms with E-state index in [1.54, 1.807) is 6.92 Å². The average molecular weight is 455 g/mol. The number of likely N-dealkylation sites (tertiary alicyclic amines) is 1. The molecule has 3 saturated heterocycles. The summed E-state index contributed by atoms with van der Waals surface area (Å²) >= 11 is 0. The Labute approximate surface area is 185 Å². The highest BCUT2D eigenvalue weighted by molar-refractivity contribution is 6.22. The minimum atomic E-state index is -4.70. The molecule has 3 aliphatic rings. The third kappa shape index (κ3) is 2.97. The van der Waals surface area contributed by atoms with E-state index in [4.69, 9.17) is 5.26 Å². The first-order valence-electron chi connectivity index (χ1n) is 10.1. The molecule has 3 fully saturated rings. The number of benzene rings is 1. The zero-order valence-electron chi connectivity index (χ0n) is 17.2. The van der Waals surface area contributed by atoms with E-state index in [1.807, 2.05) is 6.07 Å². The fourth-order valence-corrected chi connectivity index (χ4v) is 5.00. The lowest BCUT2D eigenvalue weighted by molar-refractivity contribution is -0.138. The van der Waals surface area contributed by atoms with E-state index in [0.29, 0.717) is 12.0 Å². The van der Waals surface area contributed by atoms with Crippen LogP contribution in [0, 0.1) is 18.3 Å². The van der Waals surface area contributed by atoms with Gasteiger partial charge < -0.3 is 9.80 Å². The summed E-state index contributed by atoms with van der Waals surface area (Å²) in [5, 5.41) is 9.06. The SMILES string of the molecule is Cc1cc(N2C(=O)[C@H]3C4CC(CN4C(=O)c4ccccc4C(F)(F)F)N3C2=O)cnc1C#N. The number of pyridine rings is 1. The van der Waals surface area contributed by atoms with Crippen molar-refractivity contribution in [3.8, 4) is 6.07 Å². The molecule has 4 amide bonds. The Morgan fingerprint density at radius 1 is 1.24 bits per heavy atom. The average Bonchev–Trinajstić information content (AvgIpc) is 3.44. The molecule has 0 radical (unpaired) electrons. The summed E-state index contributed by atoms with van der Waals surface area (Å²) in [7, 11) is 0. The lowest BCUT2D eigenvalue weighted by Gasteiger charge is -2.35. The smallest absolute Gasteiger partial charge is 0.331 e. The van der Waals surface area contributed by atoms with E-state index >= 15 is 0 Å². The fourth-order valence-electron chi connectivity index (χ4n) is 5.00. The predicted octanol–water partition coefficient (Wildman–Crippen LogP) is 2.71.